The number of aliphatic hydroxyl groups excluding tert-OH is 1. The van der Waals surface area contributed by atoms with Gasteiger partial charge in [-0.25, -0.2) is 13.6 Å². The first-order chi connectivity index (χ1) is 8.43. The minimum Gasteiger partial charge on any atom is -0.396 e. The van der Waals surface area contributed by atoms with E-state index in [1.54, 1.807) is 12.1 Å². The number of benzene rings is 1. The Morgan fingerprint density at radius 3 is 2.44 bits per heavy atom. The molecule has 1 aromatic rings. The summed E-state index contributed by atoms with van der Waals surface area (Å²) in [5.74, 6) is 0. The molecule has 5 N–H and O–H groups in total. The van der Waals surface area contributed by atoms with E-state index in [1.807, 2.05) is 0 Å². The van der Waals surface area contributed by atoms with E-state index in [-0.39, 0.29) is 11.5 Å². The summed E-state index contributed by atoms with van der Waals surface area (Å²) in [6.45, 7) is 0.663. The number of primary sulfonamides is 1. The summed E-state index contributed by atoms with van der Waals surface area (Å²) < 4.78 is 22.1. The average molecular weight is 289 g/mol. The molecule has 0 bridgehead atoms. The molecule has 18 heavy (non-hydrogen) atoms. The molecule has 0 fully saturated rings. The van der Waals surface area contributed by atoms with Crippen molar-refractivity contribution in [2.24, 2.45) is 5.14 Å². The van der Waals surface area contributed by atoms with Crippen molar-refractivity contribution >= 4 is 33.0 Å². The van der Waals surface area contributed by atoms with E-state index in [0.717, 1.165) is 0 Å². The summed E-state index contributed by atoms with van der Waals surface area (Å²) >= 11 is 5.01. The van der Waals surface area contributed by atoms with Gasteiger partial charge in [-0.3, -0.25) is 0 Å². The molecule has 0 unspecified atom stereocenters. The zero-order valence-corrected chi connectivity index (χ0v) is 11.2. The van der Waals surface area contributed by atoms with Crippen molar-refractivity contribution in [2.75, 3.05) is 18.5 Å². The van der Waals surface area contributed by atoms with E-state index in [4.69, 9.17) is 22.5 Å². The molecule has 0 atom stereocenters. The summed E-state index contributed by atoms with van der Waals surface area (Å²) in [5, 5.41) is 19.8. The van der Waals surface area contributed by atoms with E-state index in [0.29, 0.717) is 23.8 Å². The fourth-order valence-corrected chi connectivity index (χ4v) is 1.92. The highest BCUT2D eigenvalue weighted by molar-refractivity contribution is 7.89. The second-order valence-electron chi connectivity index (χ2n) is 3.53. The third-order valence-electron chi connectivity index (χ3n) is 2.06. The highest BCUT2D eigenvalue weighted by atomic mass is 32.2. The highest BCUT2D eigenvalue weighted by Crippen LogP contribution is 2.12. The zero-order chi connectivity index (χ0) is 13.6. The quantitative estimate of drug-likeness (QED) is 0.449. The molecule has 1 rings (SSSR count). The number of hydrogen-bond acceptors (Lipinski definition) is 4. The minimum absolute atomic E-state index is 0.0483. The molecule has 1 aromatic carbocycles. The first kappa shape index (κ1) is 14.8. The smallest absolute Gasteiger partial charge is 0.238 e. The summed E-state index contributed by atoms with van der Waals surface area (Å²) in [6, 6.07) is 5.93. The van der Waals surface area contributed by atoms with Gasteiger partial charge in [0.25, 0.3) is 0 Å². The second kappa shape index (κ2) is 6.64. The fourth-order valence-electron chi connectivity index (χ4n) is 1.18. The van der Waals surface area contributed by atoms with Crippen LogP contribution in [0.3, 0.4) is 0 Å². The Bertz CT molecular complexity index is 500. The summed E-state index contributed by atoms with van der Waals surface area (Å²) in [7, 11) is -3.67. The topological polar surface area (TPSA) is 104 Å². The standard InChI is InChI=1S/C10H15N3O3S2/c11-18(15,16)9-4-2-8(3-5-9)13-10(17)12-6-1-7-14/h2-5,14H,1,6-7H2,(H2,11,15,16)(H2,12,13,17). The number of rotatable bonds is 5. The van der Waals surface area contributed by atoms with Crippen molar-refractivity contribution in [1.29, 1.82) is 0 Å². The lowest BCUT2D eigenvalue weighted by molar-refractivity contribution is 0.289. The van der Waals surface area contributed by atoms with Crippen molar-refractivity contribution < 1.29 is 13.5 Å². The third-order valence-corrected chi connectivity index (χ3v) is 3.24. The van der Waals surface area contributed by atoms with Gasteiger partial charge in [0.15, 0.2) is 5.11 Å². The van der Waals surface area contributed by atoms with Crippen LogP contribution in [0.4, 0.5) is 5.69 Å². The summed E-state index contributed by atoms with van der Waals surface area (Å²) in [4.78, 5) is 0.0483. The van der Waals surface area contributed by atoms with E-state index in [2.05, 4.69) is 10.6 Å². The van der Waals surface area contributed by atoms with Gasteiger partial charge in [-0.15, -0.1) is 0 Å². The Kier molecular flexibility index (Phi) is 5.48. The van der Waals surface area contributed by atoms with E-state index in [1.165, 1.54) is 12.1 Å². The van der Waals surface area contributed by atoms with Crippen LogP contribution in [0.2, 0.25) is 0 Å². The molecule has 100 valence electrons. The van der Waals surface area contributed by atoms with Crippen LogP contribution in [0, 0.1) is 0 Å². The number of anilines is 1. The Morgan fingerprint density at radius 1 is 1.33 bits per heavy atom. The molecule has 0 aromatic heterocycles. The highest BCUT2D eigenvalue weighted by Gasteiger charge is 2.06. The number of thiocarbonyl (C=S) groups is 1. The Hall–Kier alpha value is -1.22. The predicted octanol–water partition coefficient (Wildman–Crippen LogP) is 0.00280. The van der Waals surface area contributed by atoms with Crippen molar-refractivity contribution in [3.63, 3.8) is 0 Å². The van der Waals surface area contributed by atoms with Gasteiger partial charge >= 0.3 is 0 Å². The number of nitrogens with two attached hydrogens (primary N) is 1. The van der Waals surface area contributed by atoms with Crippen LogP contribution in [-0.2, 0) is 10.0 Å². The monoisotopic (exact) mass is 289 g/mol. The Labute approximate surface area is 111 Å². The van der Waals surface area contributed by atoms with Gasteiger partial charge in [-0.2, -0.15) is 0 Å². The van der Waals surface area contributed by atoms with Crippen molar-refractivity contribution in [2.45, 2.75) is 11.3 Å². The Balaban J connectivity index is 2.56. The molecule has 0 amide bonds. The third kappa shape index (κ3) is 4.96. The predicted molar refractivity (Wildman–Crippen MR) is 73.7 cm³/mol. The molecule has 0 saturated carbocycles. The minimum atomic E-state index is -3.67. The number of hydrogen-bond donors (Lipinski definition) is 4. The van der Waals surface area contributed by atoms with E-state index >= 15 is 0 Å². The summed E-state index contributed by atoms with van der Waals surface area (Å²) in [5.41, 5.74) is 0.656. The molecule has 0 aliphatic heterocycles. The first-order valence-corrected chi connectivity index (χ1v) is 7.17. The van der Waals surface area contributed by atoms with Crippen LogP contribution in [0.1, 0.15) is 6.42 Å². The lowest BCUT2D eigenvalue weighted by Gasteiger charge is -2.10. The lowest BCUT2D eigenvalue weighted by Crippen LogP contribution is -2.29. The van der Waals surface area contributed by atoms with E-state index in [9.17, 15) is 8.42 Å². The Morgan fingerprint density at radius 2 is 1.94 bits per heavy atom. The molecule has 0 aliphatic carbocycles. The van der Waals surface area contributed by atoms with Crippen LogP contribution in [0.15, 0.2) is 29.2 Å². The molecule has 0 spiro atoms. The lowest BCUT2D eigenvalue weighted by atomic mass is 10.3. The van der Waals surface area contributed by atoms with Gasteiger partial charge in [-0.1, -0.05) is 0 Å². The maximum atomic E-state index is 11.0. The maximum absolute atomic E-state index is 11.0. The molecule has 8 heteroatoms. The molecule has 0 radical (unpaired) electrons. The van der Waals surface area contributed by atoms with Gasteiger partial charge in [0.2, 0.25) is 10.0 Å². The molecule has 0 saturated heterocycles. The van der Waals surface area contributed by atoms with Crippen molar-refractivity contribution in [3.05, 3.63) is 24.3 Å². The number of sulfonamides is 1. The van der Waals surface area contributed by atoms with Gasteiger partial charge in [0, 0.05) is 18.8 Å². The van der Waals surface area contributed by atoms with Crippen LogP contribution >= 0.6 is 12.2 Å². The maximum Gasteiger partial charge on any atom is 0.238 e. The molecular weight excluding hydrogens is 274 g/mol. The van der Waals surface area contributed by atoms with Gasteiger partial charge in [0.1, 0.15) is 0 Å². The normalized spacial score (nSPS) is 11.0. The van der Waals surface area contributed by atoms with Gasteiger partial charge < -0.3 is 15.7 Å². The molecule has 0 aliphatic rings. The number of nitrogens with one attached hydrogen (secondary N) is 2. The first-order valence-electron chi connectivity index (χ1n) is 5.22. The van der Waals surface area contributed by atoms with Crippen molar-refractivity contribution in [3.8, 4) is 0 Å². The average Bonchev–Trinajstić information content (AvgIpc) is 2.29. The summed E-state index contributed by atoms with van der Waals surface area (Å²) in [6.07, 6.45) is 0.603. The van der Waals surface area contributed by atoms with Crippen LogP contribution in [-0.4, -0.2) is 31.8 Å². The van der Waals surface area contributed by atoms with Gasteiger partial charge in [-0.05, 0) is 42.9 Å². The molecular formula is C10H15N3O3S2. The fraction of sp³-hybridized carbons (Fsp3) is 0.300. The van der Waals surface area contributed by atoms with Gasteiger partial charge in [0.05, 0.1) is 4.90 Å². The van der Waals surface area contributed by atoms with E-state index < -0.39 is 10.0 Å². The van der Waals surface area contributed by atoms with Crippen LogP contribution in [0.25, 0.3) is 0 Å². The SMILES string of the molecule is NS(=O)(=O)c1ccc(NC(=S)NCCCO)cc1. The second-order valence-corrected chi connectivity index (χ2v) is 5.50. The number of aliphatic hydroxyl groups is 1. The van der Waals surface area contributed by atoms with Crippen LogP contribution < -0.4 is 15.8 Å². The van der Waals surface area contributed by atoms with Crippen molar-refractivity contribution in [1.82, 2.24) is 5.32 Å². The molecule has 6 nitrogen and oxygen atoms in total. The van der Waals surface area contributed by atoms with Crippen LogP contribution in [0.5, 0.6) is 0 Å². The zero-order valence-electron chi connectivity index (χ0n) is 9.59. The molecule has 0 heterocycles. The largest absolute Gasteiger partial charge is 0.396 e.